The van der Waals surface area contributed by atoms with Gasteiger partial charge in [-0.25, -0.2) is 12.8 Å². The van der Waals surface area contributed by atoms with Gasteiger partial charge in [-0.2, -0.15) is 5.10 Å². The second kappa shape index (κ2) is 7.77. The molecule has 9 heteroatoms. The van der Waals surface area contributed by atoms with E-state index in [0.717, 1.165) is 24.8 Å². The predicted octanol–water partition coefficient (Wildman–Crippen LogP) is 2.43. The van der Waals surface area contributed by atoms with Gasteiger partial charge in [0, 0.05) is 18.8 Å². The van der Waals surface area contributed by atoms with E-state index in [0.29, 0.717) is 18.4 Å². The van der Waals surface area contributed by atoms with Crippen LogP contribution in [0.4, 0.5) is 4.39 Å². The number of carbonyl (C=O) groups is 1. The molecule has 1 heterocycles. The molecule has 1 amide bonds. The van der Waals surface area contributed by atoms with Crippen LogP contribution in [0.1, 0.15) is 48.0 Å². The minimum absolute atomic E-state index is 0.222. The van der Waals surface area contributed by atoms with Gasteiger partial charge < -0.3 is 0 Å². The molecule has 0 spiro atoms. The summed E-state index contributed by atoms with van der Waals surface area (Å²) in [5, 5.41) is 3.54. The van der Waals surface area contributed by atoms with Crippen LogP contribution < -0.4 is 10.3 Å². The van der Waals surface area contributed by atoms with E-state index >= 15 is 0 Å². The average Bonchev–Trinajstić information content (AvgIpc) is 3.09. The normalized spacial score (nSPS) is 15.7. The van der Waals surface area contributed by atoms with Crippen molar-refractivity contribution < 1.29 is 17.6 Å². The average molecular weight is 394 g/mol. The van der Waals surface area contributed by atoms with E-state index in [1.165, 1.54) is 6.07 Å². The molecule has 1 aliphatic carbocycles. The largest absolute Gasteiger partial charge is 0.275 e. The van der Waals surface area contributed by atoms with E-state index in [-0.39, 0.29) is 11.1 Å². The van der Waals surface area contributed by atoms with Crippen molar-refractivity contribution in [1.82, 2.24) is 20.0 Å². The van der Waals surface area contributed by atoms with Gasteiger partial charge in [0.1, 0.15) is 5.82 Å². The zero-order chi connectivity index (χ0) is 19.6. The maximum atomic E-state index is 14.5. The number of halogens is 1. The molecule has 0 aliphatic heterocycles. The van der Waals surface area contributed by atoms with Gasteiger partial charge in [0.25, 0.3) is 5.91 Å². The third-order valence-electron chi connectivity index (χ3n) is 4.84. The number of hydrogen-bond donors (Lipinski definition) is 2. The standard InChI is InChI=1S/C18H23FN4O3S/c1-12-8-13(14-10-20-23(2)11-14)9-16(17(12)19)18(24)21-22-27(25,26)15-6-4-3-5-7-15/h8-11,15,22H,3-7H2,1-2H3,(H,21,24). The van der Waals surface area contributed by atoms with E-state index in [2.05, 4.69) is 15.4 Å². The van der Waals surface area contributed by atoms with Gasteiger partial charge in [-0.1, -0.05) is 19.3 Å². The summed E-state index contributed by atoms with van der Waals surface area (Å²) in [5.41, 5.74) is 3.58. The smallest absolute Gasteiger partial charge is 0.269 e. The van der Waals surface area contributed by atoms with Crippen LogP contribution in [0.2, 0.25) is 0 Å². The minimum Gasteiger partial charge on any atom is -0.275 e. The van der Waals surface area contributed by atoms with Crippen LogP contribution in [0.3, 0.4) is 0 Å². The number of benzene rings is 1. The lowest BCUT2D eigenvalue weighted by Gasteiger charge is -2.22. The van der Waals surface area contributed by atoms with Gasteiger partial charge in [0.2, 0.25) is 10.0 Å². The molecule has 0 saturated heterocycles. The fraction of sp³-hybridized carbons (Fsp3) is 0.444. The van der Waals surface area contributed by atoms with E-state index < -0.39 is 27.0 Å². The summed E-state index contributed by atoms with van der Waals surface area (Å²) in [6, 6.07) is 3.01. The van der Waals surface area contributed by atoms with Crippen molar-refractivity contribution >= 4 is 15.9 Å². The van der Waals surface area contributed by atoms with Crippen LogP contribution in [0, 0.1) is 12.7 Å². The highest BCUT2D eigenvalue weighted by atomic mass is 32.2. The second-order valence-corrected chi connectivity index (χ2v) is 8.88. The quantitative estimate of drug-likeness (QED) is 0.762. The van der Waals surface area contributed by atoms with Gasteiger partial charge in [-0.05, 0) is 43.0 Å². The summed E-state index contributed by atoms with van der Waals surface area (Å²) in [4.78, 5) is 14.6. The van der Waals surface area contributed by atoms with Crippen molar-refractivity contribution in [3.05, 3.63) is 41.5 Å². The summed E-state index contributed by atoms with van der Waals surface area (Å²) in [5.74, 6) is -1.52. The molecule has 0 bridgehead atoms. The highest BCUT2D eigenvalue weighted by Gasteiger charge is 2.28. The monoisotopic (exact) mass is 394 g/mol. The topological polar surface area (TPSA) is 93.1 Å². The van der Waals surface area contributed by atoms with Gasteiger partial charge in [0.15, 0.2) is 0 Å². The molecular formula is C18H23FN4O3S. The van der Waals surface area contributed by atoms with E-state index in [9.17, 15) is 17.6 Å². The van der Waals surface area contributed by atoms with Crippen LogP contribution >= 0.6 is 0 Å². The highest BCUT2D eigenvalue weighted by molar-refractivity contribution is 7.90. The predicted molar refractivity (Wildman–Crippen MR) is 99.7 cm³/mol. The van der Waals surface area contributed by atoms with Crippen molar-refractivity contribution in [2.75, 3.05) is 0 Å². The molecule has 7 nitrogen and oxygen atoms in total. The highest BCUT2D eigenvalue weighted by Crippen LogP contribution is 2.25. The second-order valence-electron chi connectivity index (χ2n) is 6.92. The molecule has 2 aromatic rings. The number of aromatic nitrogens is 2. The molecule has 2 N–H and O–H groups in total. The Bertz CT molecular complexity index is 950. The van der Waals surface area contributed by atoms with Crippen LogP contribution in [0.25, 0.3) is 11.1 Å². The van der Waals surface area contributed by atoms with Crippen LogP contribution in [-0.4, -0.2) is 29.4 Å². The number of aryl methyl sites for hydroxylation is 2. The zero-order valence-electron chi connectivity index (χ0n) is 15.3. The maximum absolute atomic E-state index is 14.5. The molecule has 1 aromatic heterocycles. The van der Waals surface area contributed by atoms with E-state index in [1.54, 1.807) is 37.1 Å². The van der Waals surface area contributed by atoms with Gasteiger partial charge >= 0.3 is 0 Å². The summed E-state index contributed by atoms with van der Waals surface area (Å²) < 4.78 is 40.7. The Morgan fingerprint density at radius 2 is 1.93 bits per heavy atom. The summed E-state index contributed by atoms with van der Waals surface area (Å²) in [6.07, 6.45) is 7.20. The molecule has 27 heavy (non-hydrogen) atoms. The Morgan fingerprint density at radius 1 is 1.22 bits per heavy atom. The molecule has 1 aliphatic rings. The molecule has 1 fully saturated rings. The Hall–Kier alpha value is -2.26. The first-order valence-corrected chi connectivity index (χ1v) is 10.4. The van der Waals surface area contributed by atoms with Gasteiger partial charge in [-0.3, -0.25) is 14.9 Å². The van der Waals surface area contributed by atoms with E-state index in [1.807, 2.05) is 0 Å². The van der Waals surface area contributed by atoms with Crippen molar-refractivity contribution in [2.45, 2.75) is 44.3 Å². The molecule has 0 radical (unpaired) electrons. The third-order valence-corrected chi connectivity index (χ3v) is 6.57. The molecular weight excluding hydrogens is 371 g/mol. The lowest BCUT2D eigenvalue weighted by atomic mass is 10.0. The molecule has 0 unspecified atom stereocenters. The first-order chi connectivity index (χ1) is 12.8. The Balaban J connectivity index is 1.79. The van der Waals surface area contributed by atoms with Crippen molar-refractivity contribution in [1.29, 1.82) is 0 Å². The fourth-order valence-electron chi connectivity index (χ4n) is 3.32. The number of nitrogens with zero attached hydrogens (tertiary/aromatic N) is 2. The van der Waals surface area contributed by atoms with Gasteiger partial charge in [-0.15, -0.1) is 4.83 Å². The number of hydrazine groups is 1. The zero-order valence-corrected chi connectivity index (χ0v) is 16.1. The minimum atomic E-state index is -3.69. The first kappa shape index (κ1) is 19.5. The SMILES string of the molecule is Cc1cc(-c2cnn(C)c2)cc(C(=O)NNS(=O)(=O)C2CCCCC2)c1F. The summed E-state index contributed by atoms with van der Waals surface area (Å²) >= 11 is 0. The number of nitrogens with one attached hydrogen (secondary N) is 2. The Labute approximate surface area is 158 Å². The Kier molecular flexibility index (Phi) is 5.61. The molecule has 1 aromatic carbocycles. The number of carbonyl (C=O) groups excluding carboxylic acids is 1. The van der Waals surface area contributed by atoms with Crippen molar-refractivity contribution in [3.8, 4) is 11.1 Å². The lowest BCUT2D eigenvalue weighted by molar-refractivity contribution is 0.0940. The lowest BCUT2D eigenvalue weighted by Crippen LogP contribution is -2.46. The molecule has 3 rings (SSSR count). The molecule has 1 saturated carbocycles. The number of rotatable bonds is 5. The number of sulfonamides is 1. The Morgan fingerprint density at radius 3 is 2.56 bits per heavy atom. The third kappa shape index (κ3) is 4.36. The maximum Gasteiger partial charge on any atom is 0.269 e. The molecule has 146 valence electrons. The van der Waals surface area contributed by atoms with Crippen LogP contribution in [-0.2, 0) is 17.1 Å². The van der Waals surface area contributed by atoms with Crippen LogP contribution in [0.5, 0.6) is 0 Å². The van der Waals surface area contributed by atoms with Crippen molar-refractivity contribution in [2.24, 2.45) is 7.05 Å². The fourth-order valence-corrected chi connectivity index (χ4v) is 4.67. The number of hydrogen-bond acceptors (Lipinski definition) is 4. The summed E-state index contributed by atoms with van der Waals surface area (Å²) in [6.45, 7) is 1.55. The van der Waals surface area contributed by atoms with Crippen molar-refractivity contribution in [3.63, 3.8) is 0 Å². The first-order valence-electron chi connectivity index (χ1n) is 8.88. The van der Waals surface area contributed by atoms with Crippen LogP contribution in [0.15, 0.2) is 24.5 Å². The molecule has 0 atom stereocenters. The summed E-state index contributed by atoms with van der Waals surface area (Å²) in [7, 11) is -1.93. The van der Waals surface area contributed by atoms with E-state index in [4.69, 9.17) is 0 Å². The van der Waals surface area contributed by atoms with Gasteiger partial charge in [0.05, 0.1) is 17.0 Å². The number of amides is 1.